The van der Waals surface area contributed by atoms with Crippen LogP contribution in [0.4, 0.5) is 5.69 Å². The number of halogens is 1. The number of aryl methyl sites for hydroxylation is 1. The molecule has 2 N–H and O–H groups in total. The molecule has 1 atom stereocenters. The van der Waals surface area contributed by atoms with Crippen molar-refractivity contribution in [1.82, 2.24) is 4.57 Å². The van der Waals surface area contributed by atoms with Crippen LogP contribution < -0.4 is 5.73 Å². The van der Waals surface area contributed by atoms with Crippen LogP contribution in [0.1, 0.15) is 35.8 Å². The first-order chi connectivity index (χ1) is 9.99. The number of hydrogen-bond acceptors (Lipinski definition) is 3. The first kappa shape index (κ1) is 14.1. The summed E-state index contributed by atoms with van der Waals surface area (Å²) in [5.41, 5.74) is 10.2. The molecule has 3 rings (SSSR count). The van der Waals surface area contributed by atoms with Gasteiger partial charge in [-0.2, -0.15) is 0 Å². The number of nitro groups is 1. The average molecular weight is 306 g/mol. The van der Waals surface area contributed by atoms with E-state index in [-0.39, 0.29) is 16.8 Å². The summed E-state index contributed by atoms with van der Waals surface area (Å²) >= 11 is 5.89. The van der Waals surface area contributed by atoms with Gasteiger partial charge in [0.05, 0.1) is 10.6 Å². The monoisotopic (exact) mass is 305 g/mol. The minimum absolute atomic E-state index is 0.0518. The van der Waals surface area contributed by atoms with Crippen LogP contribution in [-0.4, -0.2) is 9.49 Å². The molecular weight excluding hydrogens is 290 g/mol. The smallest absolute Gasteiger partial charge is 0.289 e. The van der Waals surface area contributed by atoms with E-state index in [2.05, 4.69) is 10.6 Å². The van der Waals surface area contributed by atoms with Gasteiger partial charge in [0.15, 0.2) is 0 Å². The van der Waals surface area contributed by atoms with E-state index in [1.165, 1.54) is 6.07 Å². The molecule has 2 aromatic rings. The van der Waals surface area contributed by atoms with E-state index < -0.39 is 4.92 Å². The van der Waals surface area contributed by atoms with Crippen molar-refractivity contribution in [2.75, 3.05) is 0 Å². The highest BCUT2D eigenvalue weighted by atomic mass is 35.5. The zero-order valence-corrected chi connectivity index (χ0v) is 12.4. The maximum Gasteiger partial charge on any atom is 0.289 e. The van der Waals surface area contributed by atoms with Gasteiger partial charge >= 0.3 is 0 Å². The largest absolute Gasteiger partial charge is 0.324 e. The lowest BCUT2D eigenvalue weighted by Gasteiger charge is -2.21. The maximum absolute atomic E-state index is 11.1. The molecule has 1 aliphatic rings. The summed E-state index contributed by atoms with van der Waals surface area (Å²) < 4.78 is 2.05. The number of fused-ring (bicyclic) bond motifs is 1. The van der Waals surface area contributed by atoms with E-state index in [0.29, 0.717) is 0 Å². The Labute approximate surface area is 127 Å². The van der Waals surface area contributed by atoms with Crippen molar-refractivity contribution in [3.05, 3.63) is 56.4 Å². The number of rotatable bonds is 2. The summed E-state index contributed by atoms with van der Waals surface area (Å²) in [6.45, 7) is 1.99. The zero-order chi connectivity index (χ0) is 15.1. The summed E-state index contributed by atoms with van der Waals surface area (Å²) in [5, 5.41) is 11.2. The predicted molar refractivity (Wildman–Crippen MR) is 82.0 cm³/mol. The molecule has 21 heavy (non-hydrogen) atoms. The van der Waals surface area contributed by atoms with Crippen LogP contribution in [0.15, 0.2) is 24.3 Å². The second kappa shape index (κ2) is 5.16. The lowest BCUT2D eigenvalue weighted by Crippen LogP contribution is -2.18. The van der Waals surface area contributed by atoms with Crippen LogP contribution in [0.25, 0.3) is 5.69 Å². The molecule has 1 aliphatic carbocycles. The summed E-state index contributed by atoms with van der Waals surface area (Å²) in [4.78, 5) is 10.6. The molecule has 0 bridgehead atoms. The van der Waals surface area contributed by atoms with Crippen LogP contribution in [-0.2, 0) is 6.42 Å². The third-order valence-electron chi connectivity index (χ3n) is 4.03. The molecule has 0 amide bonds. The summed E-state index contributed by atoms with van der Waals surface area (Å²) in [6, 6.07) is 7.04. The van der Waals surface area contributed by atoms with Crippen molar-refractivity contribution in [2.24, 2.45) is 5.73 Å². The number of nitro benzene ring substituents is 1. The Morgan fingerprint density at radius 3 is 2.90 bits per heavy atom. The molecule has 6 heteroatoms. The van der Waals surface area contributed by atoms with E-state index >= 15 is 0 Å². The average Bonchev–Trinajstić information content (AvgIpc) is 2.77. The van der Waals surface area contributed by atoms with Gasteiger partial charge in [-0.15, -0.1) is 0 Å². The molecule has 0 aliphatic heterocycles. The van der Waals surface area contributed by atoms with Gasteiger partial charge in [-0.05, 0) is 49.9 Å². The Morgan fingerprint density at radius 1 is 1.43 bits per heavy atom. The van der Waals surface area contributed by atoms with Crippen molar-refractivity contribution in [3.8, 4) is 5.69 Å². The Bertz CT molecular complexity index is 724. The summed E-state index contributed by atoms with van der Waals surface area (Å²) in [7, 11) is 0. The molecule has 5 nitrogen and oxygen atoms in total. The van der Waals surface area contributed by atoms with Crippen LogP contribution >= 0.6 is 11.6 Å². The van der Waals surface area contributed by atoms with Crippen LogP contribution in [0.5, 0.6) is 0 Å². The maximum atomic E-state index is 11.1. The quantitative estimate of drug-likeness (QED) is 0.679. The highest BCUT2D eigenvalue weighted by Gasteiger charge is 2.24. The number of hydrogen-bond donors (Lipinski definition) is 1. The molecule has 1 unspecified atom stereocenters. The van der Waals surface area contributed by atoms with Crippen molar-refractivity contribution in [3.63, 3.8) is 0 Å². The topological polar surface area (TPSA) is 74.1 Å². The fourth-order valence-corrected chi connectivity index (χ4v) is 3.26. The van der Waals surface area contributed by atoms with Gasteiger partial charge < -0.3 is 10.3 Å². The second-order valence-electron chi connectivity index (χ2n) is 5.41. The highest BCUT2D eigenvalue weighted by Crippen LogP contribution is 2.34. The third kappa shape index (κ3) is 2.32. The molecule has 1 heterocycles. The van der Waals surface area contributed by atoms with E-state index in [0.717, 1.165) is 41.9 Å². The molecule has 110 valence electrons. The van der Waals surface area contributed by atoms with E-state index in [1.807, 2.05) is 13.0 Å². The molecule has 1 aromatic carbocycles. The highest BCUT2D eigenvalue weighted by molar-refractivity contribution is 6.32. The predicted octanol–water partition coefficient (Wildman–Crippen LogP) is 3.68. The molecular formula is C15H16ClN3O2. The molecule has 0 saturated heterocycles. The normalized spacial score (nSPS) is 17.6. The van der Waals surface area contributed by atoms with Gasteiger partial charge in [0.1, 0.15) is 5.02 Å². The molecule has 0 spiro atoms. The van der Waals surface area contributed by atoms with Crippen LogP contribution in [0, 0.1) is 17.0 Å². The molecule has 0 radical (unpaired) electrons. The first-order valence-corrected chi connectivity index (χ1v) is 7.28. The molecule has 1 aromatic heterocycles. The Hall–Kier alpha value is -1.85. The molecule has 0 saturated carbocycles. The SMILES string of the molecule is Cc1cc2c(n1-c1ccc(Cl)c([N+](=O)[O-])c1)CCCC2N. The summed E-state index contributed by atoms with van der Waals surface area (Å²) in [6.07, 6.45) is 2.96. The lowest BCUT2D eigenvalue weighted by molar-refractivity contribution is -0.384. The van der Waals surface area contributed by atoms with Gasteiger partial charge in [0.25, 0.3) is 5.69 Å². The molecule has 0 fully saturated rings. The van der Waals surface area contributed by atoms with Gasteiger partial charge in [0.2, 0.25) is 0 Å². The zero-order valence-electron chi connectivity index (χ0n) is 11.7. The Morgan fingerprint density at radius 2 is 2.19 bits per heavy atom. The van der Waals surface area contributed by atoms with Gasteiger partial charge in [-0.25, -0.2) is 0 Å². The van der Waals surface area contributed by atoms with Crippen LogP contribution in [0.2, 0.25) is 5.02 Å². The van der Waals surface area contributed by atoms with E-state index in [9.17, 15) is 10.1 Å². The Kier molecular flexibility index (Phi) is 3.47. The van der Waals surface area contributed by atoms with E-state index in [1.54, 1.807) is 6.07 Å². The van der Waals surface area contributed by atoms with Crippen molar-refractivity contribution < 1.29 is 4.92 Å². The van der Waals surface area contributed by atoms with Gasteiger partial charge in [-0.3, -0.25) is 10.1 Å². The number of benzene rings is 1. The van der Waals surface area contributed by atoms with Crippen molar-refractivity contribution in [1.29, 1.82) is 0 Å². The van der Waals surface area contributed by atoms with Crippen molar-refractivity contribution in [2.45, 2.75) is 32.2 Å². The second-order valence-corrected chi connectivity index (χ2v) is 5.82. The first-order valence-electron chi connectivity index (χ1n) is 6.90. The lowest BCUT2D eigenvalue weighted by atomic mass is 9.93. The fraction of sp³-hybridized carbons (Fsp3) is 0.333. The number of nitrogens with zero attached hydrogens (tertiary/aromatic N) is 2. The standard InChI is InChI=1S/C15H16ClN3O2/c1-9-7-11-13(17)3-2-4-14(11)18(9)10-5-6-12(16)15(8-10)19(20)21/h5-8,13H,2-4,17H2,1H3. The Balaban J connectivity index is 2.17. The third-order valence-corrected chi connectivity index (χ3v) is 4.35. The van der Waals surface area contributed by atoms with Crippen molar-refractivity contribution >= 4 is 17.3 Å². The van der Waals surface area contributed by atoms with Crippen LogP contribution in [0.3, 0.4) is 0 Å². The summed E-state index contributed by atoms with van der Waals surface area (Å²) in [5.74, 6) is 0. The fourth-order valence-electron chi connectivity index (χ4n) is 3.08. The number of nitrogens with two attached hydrogens (primary N) is 1. The number of aromatic nitrogens is 1. The minimum atomic E-state index is -0.456. The van der Waals surface area contributed by atoms with E-state index in [4.69, 9.17) is 17.3 Å². The van der Waals surface area contributed by atoms with Gasteiger partial charge in [0, 0.05) is 23.5 Å². The minimum Gasteiger partial charge on any atom is -0.324 e. The van der Waals surface area contributed by atoms with Gasteiger partial charge in [-0.1, -0.05) is 11.6 Å².